The minimum atomic E-state index is 0.769. The predicted octanol–water partition coefficient (Wildman–Crippen LogP) is 2.66. The number of hydrogen-bond acceptors (Lipinski definition) is 3. The van der Waals surface area contributed by atoms with Crippen molar-refractivity contribution in [2.75, 3.05) is 38.3 Å². The largest absolute Gasteiger partial charge is 0.381 e. The first-order valence-corrected chi connectivity index (χ1v) is 7.38. The summed E-state index contributed by atoms with van der Waals surface area (Å²) in [5, 5.41) is 3.42. The van der Waals surface area contributed by atoms with E-state index in [0.29, 0.717) is 0 Å². The first-order chi connectivity index (χ1) is 9.31. The molecule has 1 aromatic carbocycles. The molecule has 1 N–H and O–H groups in total. The van der Waals surface area contributed by atoms with E-state index in [4.69, 9.17) is 4.74 Å². The molecule has 0 unspecified atom stereocenters. The maximum Gasteiger partial charge on any atom is 0.0469 e. The van der Waals surface area contributed by atoms with E-state index in [9.17, 15) is 0 Å². The van der Waals surface area contributed by atoms with Crippen LogP contribution in [-0.4, -0.2) is 33.4 Å². The number of para-hydroxylation sites is 1. The lowest BCUT2D eigenvalue weighted by molar-refractivity contribution is 0.0685. The summed E-state index contributed by atoms with van der Waals surface area (Å²) in [6, 6.07) is 8.70. The third-order valence-corrected chi connectivity index (χ3v) is 3.84. The van der Waals surface area contributed by atoms with Crippen LogP contribution < -0.4 is 10.2 Å². The van der Waals surface area contributed by atoms with Crippen molar-refractivity contribution in [2.45, 2.75) is 26.3 Å². The zero-order valence-electron chi connectivity index (χ0n) is 12.2. The lowest BCUT2D eigenvalue weighted by Gasteiger charge is -2.29. The monoisotopic (exact) mass is 262 g/mol. The molecule has 1 saturated heterocycles. The summed E-state index contributed by atoms with van der Waals surface area (Å²) in [7, 11) is 2.21. The topological polar surface area (TPSA) is 24.5 Å². The second-order valence-corrected chi connectivity index (χ2v) is 5.35. The molecule has 1 fully saturated rings. The maximum absolute atomic E-state index is 5.44. The number of nitrogens with zero attached hydrogens (tertiary/aromatic N) is 1. The van der Waals surface area contributed by atoms with Crippen LogP contribution >= 0.6 is 0 Å². The van der Waals surface area contributed by atoms with E-state index in [2.05, 4.69) is 48.5 Å². The first kappa shape index (κ1) is 14.4. The van der Waals surface area contributed by atoms with Gasteiger partial charge >= 0.3 is 0 Å². The fourth-order valence-corrected chi connectivity index (χ4v) is 2.71. The Labute approximate surface area is 116 Å². The number of ether oxygens (including phenoxy) is 1. The van der Waals surface area contributed by atoms with Gasteiger partial charge in [-0.05, 0) is 36.9 Å². The Morgan fingerprint density at radius 2 is 2.00 bits per heavy atom. The van der Waals surface area contributed by atoms with Gasteiger partial charge in [-0.25, -0.2) is 0 Å². The molecule has 1 aliphatic heterocycles. The fraction of sp³-hybridized carbons (Fsp3) is 0.625. The summed E-state index contributed by atoms with van der Waals surface area (Å²) in [5.41, 5.74) is 2.74. The number of nitrogens with one attached hydrogen (secondary N) is 1. The Hall–Kier alpha value is -1.06. The molecular formula is C16H26N2O. The van der Waals surface area contributed by atoms with Gasteiger partial charge < -0.3 is 15.0 Å². The SMILES string of the molecule is CCNCc1ccccc1N(C)CC1CCOCC1. The molecule has 0 aliphatic carbocycles. The van der Waals surface area contributed by atoms with Crippen LogP contribution in [0.5, 0.6) is 0 Å². The van der Waals surface area contributed by atoms with Crippen LogP contribution in [0.1, 0.15) is 25.3 Å². The zero-order chi connectivity index (χ0) is 13.5. The molecule has 1 aromatic rings. The molecule has 0 aromatic heterocycles. The van der Waals surface area contributed by atoms with Crippen LogP contribution in [0.25, 0.3) is 0 Å². The van der Waals surface area contributed by atoms with Crippen molar-refractivity contribution in [3.8, 4) is 0 Å². The minimum absolute atomic E-state index is 0.769. The highest BCUT2D eigenvalue weighted by Gasteiger charge is 2.17. The normalized spacial score (nSPS) is 16.5. The van der Waals surface area contributed by atoms with Crippen LogP contribution in [0.2, 0.25) is 0 Å². The molecule has 19 heavy (non-hydrogen) atoms. The van der Waals surface area contributed by atoms with Gasteiger partial charge in [-0.3, -0.25) is 0 Å². The fourth-order valence-electron chi connectivity index (χ4n) is 2.71. The molecule has 106 valence electrons. The molecule has 2 rings (SSSR count). The highest BCUT2D eigenvalue weighted by atomic mass is 16.5. The predicted molar refractivity (Wildman–Crippen MR) is 80.6 cm³/mol. The van der Waals surface area contributed by atoms with E-state index < -0.39 is 0 Å². The summed E-state index contributed by atoms with van der Waals surface area (Å²) in [6.07, 6.45) is 2.39. The summed E-state index contributed by atoms with van der Waals surface area (Å²) in [6.45, 7) is 7.10. The second-order valence-electron chi connectivity index (χ2n) is 5.35. The van der Waals surface area contributed by atoms with E-state index in [0.717, 1.165) is 38.8 Å². The lowest BCUT2D eigenvalue weighted by atomic mass is 9.99. The van der Waals surface area contributed by atoms with Crippen molar-refractivity contribution < 1.29 is 4.74 Å². The lowest BCUT2D eigenvalue weighted by Crippen LogP contribution is -2.30. The zero-order valence-corrected chi connectivity index (χ0v) is 12.2. The van der Waals surface area contributed by atoms with Crippen LogP contribution in [0, 0.1) is 5.92 Å². The van der Waals surface area contributed by atoms with Gasteiger partial charge in [-0.2, -0.15) is 0 Å². The highest BCUT2D eigenvalue weighted by molar-refractivity contribution is 5.53. The number of anilines is 1. The first-order valence-electron chi connectivity index (χ1n) is 7.38. The van der Waals surface area contributed by atoms with E-state index in [1.54, 1.807) is 0 Å². The third-order valence-electron chi connectivity index (χ3n) is 3.84. The van der Waals surface area contributed by atoms with Crippen molar-refractivity contribution in [1.29, 1.82) is 0 Å². The molecule has 0 spiro atoms. The maximum atomic E-state index is 5.44. The Balaban J connectivity index is 1.98. The summed E-state index contributed by atoms with van der Waals surface area (Å²) in [4.78, 5) is 2.41. The average Bonchev–Trinajstić information content (AvgIpc) is 2.46. The van der Waals surface area contributed by atoms with Gasteiger partial charge in [0.15, 0.2) is 0 Å². The molecule has 0 bridgehead atoms. The molecule has 0 amide bonds. The molecular weight excluding hydrogens is 236 g/mol. The van der Waals surface area contributed by atoms with E-state index in [1.165, 1.54) is 24.1 Å². The molecule has 0 atom stereocenters. The van der Waals surface area contributed by atoms with Crippen molar-refractivity contribution >= 4 is 5.69 Å². The van der Waals surface area contributed by atoms with Crippen molar-refractivity contribution in [3.63, 3.8) is 0 Å². The Morgan fingerprint density at radius 1 is 1.26 bits per heavy atom. The molecule has 0 saturated carbocycles. The van der Waals surface area contributed by atoms with Crippen molar-refractivity contribution in [2.24, 2.45) is 5.92 Å². The van der Waals surface area contributed by atoms with Gasteiger partial charge in [-0.15, -0.1) is 0 Å². The summed E-state index contributed by atoms with van der Waals surface area (Å²) < 4.78 is 5.44. The van der Waals surface area contributed by atoms with Gasteiger partial charge in [-0.1, -0.05) is 25.1 Å². The van der Waals surface area contributed by atoms with Crippen LogP contribution in [-0.2, 0) is 11.3 Å². The van der Waals surface area contributed by atoms with E-state index in [1.807, 2.05) is 0 Å². The smallest absolute Gasteiger partial charge is 0.0469 e. The average molecular weight is 262 g/mol. The Bertz CT molecular complexity index is 375. The van der Waals surface area contributed by atoms with Gasteiger partial charge in [0.2, 0.25) is 0 Å². The molecule has 1 aliphatic rings. The number of rotatable bonds is 6. The number of hydrogen-bond donors (Lipinski definition) is 1. The standard InChI is InChI=1S/C16H26N2O/c1-3-17-12-15-6-4-5-7-16(15)18(2)13-14-8-10-19-11-9-14/h4-7,14,17H,3,8-13H2,1-2H3. The third kappa shape index (κ3) is 4.22. The number of benzene rings is 1. The van der Waals surface area contributed by atoms with Gasteiger partial charge in [0.1, 0.15) is 0 Å². The molecule has 3 nitrogen and oxygen atoms in total. The van der Waals surface area contributed by atoms with E-state index in [-0.39, 0.29) is 0 Å². The van der Waals surface area contributed by atoms with Crippen molar-refractivity contribution in [1.82, 2.24) is 5.32 Å². The van der Waals surface area contributed by atoms with Crippen molar-refractivity contribution in [3.05, 3.63) is 29.8 Å². The van der Waals surface area contributed by atoms with Crippen LogP contribution in [0.3, 0.4) is 0 Å². The molecule has 3 heteroatoms. The van der Waals surface area contributed by atoms with Gasteiger partial charge in [0, 0.05) is 39.0 Å². The Morgan fingerprint density at radius 3 is 2.74 bits per heavy atom. The summed E-state index contributed by atoms with van der Waals surface area (Å²) in [5.74, 6) is 0.769. The van der Waals surface area contributed by atoms with Gasteiger partial charge in [0.25, 0.3) is 0 Å². The second kappa shape index (κ2) is 7.51. The Kier molecular flexibility index (Phi) is 5.67. The highest BCUT2D eigenvalue weighted by Crippen LogP contribution is 2.23. The quantitative estimate of drug-likeness (QED) is 0.853. The minimum Gasteiger partial charge on any atom is -0.381 e. The van der Waals surface area contributed by atoms with Crippen LogP contribution in [0.15, 0.2) is 24.3 Å². The molecule has 1 heterocycles. The van der Waals surface area contributed by atoms with Crippen LogP contribution in [0.4, 0.5) is 5.69 Å². The molecule has 0 radical (unpaired) electrons. The summed E-state index contributed by atoms with van der Waals surface area (Å²) >= 11 is 0. The van der Waals surface area contributed by atoms with E-state index >= 15 is 0 Å². The van der Waals surface area contributed by atoms with Gasteiger partial charge in [0.05, 0.1) is 0 Å².